The Morgan fingerprint density at radius 3 is 3.00 bits per heavy atom. The molecule has 5 heteroatoms. The van der Waals surface area contributed by atoms with E-state index in [1.54, 1.807) is 18.2 Å². The minimum Gasteiger partial charge on any atom is -0.335 e. The Hall–Kier alpha value is -1.41. The number of rotatable bonds is 3. The van der Waals surface area contributed by atoms with Crippen LogP contribution in [0.25, 0.3) is 0 Å². The van der Waals surface area contributed by atoms with Crippen molar-refractivity contribution in [1.29, 1.82) is 5.26 Å². The molecule has 1 atom stereocenters. The van der Waals surface area contributed by atoms with Gasteiger partial charge in [-0.05, 0) is 34.5 Å². The van der Waals surface area contributed by atoms with Crippen LogP contribution in [-0.4, -0.2) is 16.9 Å². The number of hydrogen-bond donors (Lipinski definition) is 1. The summed E-state index contributed by atoms with van der Waals surface area (Å²) < 4.78 is 0.597. The summed E-state index contributed by atoms with van der Waals surface area (Å²) in [5.74, 6) is -0.329. The van der Waals surface area contributed by atoms with E-state index in [1.165, 1.54) is 0 Å². The number of hydrogen-bond acceptors (Lipinski definition) is 3. The monoisotopic (exact) mass is 267 g/mol. The second kappa shape index (κ2) is 5.47. The van der Waals surface area contributed by atoms with Crippen LogP contribution in [0.5, 0.6) is 0 Å². The van der Waals surface area contributed by atoms with Crippen LogP contribution in [0.3, 0.4) is 0 Å². The van der Waals surface area contributed by atoms with Crippen molar-refractivity contribution in [3.8, 4) is 6.07 Å². The summed E-state index contributed by atoms with van der Waals surface area (Å²) >= 11 is 3.17. The first-order valence-electron chi connectivity index (χ1n) is 4.50. The number of halogens is 1. The number of nitrogens with one attached hydrogen (secondary N) is 1. The summed E-state index contributed by atoms with van der Waals surface area (Å²) in [5, 5.41) is 11.3. The van der Waals surface area contributed by atoms with Gasteiger partial charge in [0.2, 0.25) is 0 Å². The van der Waals surface area contributed by atoms with Crippen LogP contribution >= 0.6 is 15.9 Å². The molecule has 1 aromatic rings. The Bertz CT molecular complexity index is 400. The highest BCUT2D eigenvalue weighted by Crippen LogP contribution is 2.06. The third-order valence-corrected chi connectivity index (χ3v) is 2.26. The van der Waals surface area contributed by atoms with E-state index in [2.05, 4.69) is 26.2 Å². The fraction of sp³-hybridized carbons (Fsp3) is 0.300. The third kappa shape index (κ3) is 3.33. The van der Waals surface area contributed by atoms with Gasteiger partial charge in [0.1, 0.15) is 16.3 Å². The fourth-order valence-corrected chi connectivity index (χ4v) is 1.34. The Morgan fingerprint density at radius 1 is 1.73 bits per heavy atom. The van der Waals surface area contributed by atoms with Gasteiger partial charge < -0.3 is 5.32 Å². The second-order valence-electron chi connectivity index (χ2n) is 2.91. The lowest BCUT2D eigenvalue weighted by Crippen LogP contribution is -2.33. The summed E-state index contributed by atoms with van der Waals surface area (Å²) in [5.41, 5.74) is 0.304. The molecule has 0 aliphatic heterocycles. The van der Waals surface area contributed by atoms with E-state index in [4.69, 9.17) is 5.26 Å². The van der Waals surface area contributed by atoms with Crippen LogP contribution in [0.4, 0.5) is 0 Å². The van der Waals surface area contributed by atoms with E-state index in [0.29, 0.717) is 16.7 Å². The molecule has 1 amide bonds. The van der Waals surface area contributed by atoms with E-state index >= 15 is 0 Å². The highest BCUT2D eigenvalue weighted by Gasteiger charge is 2.12. The van der Waals surface area contributed by atoms with E-state index in [0.717, 1.165) is 0 Å². The molecule has 1 unspecified atom stereocenters. The van der Waals surface area contributed by atoms with Crippen molar-refractivity contribution in [1.82, 2.24) is 10.3 Å². The highest BCUT2D eigenvalue weighted by molar-refractivity contribution is 9.10. The number of nitriles is 1. The Morgan fingerprint density at radius 2 is 2.47 bits per heavy atom. The van der Waals surface area contributed by atoms with Crippen LogP contribution in [0.1, 0.15) is 23.8 Å². The fourth-order valence-electron chi connectivity index (χ4n) is 0.993. The first-order chi connectivity index (χ1) is 7.17. The normalized spacial score (nSPS) is 11.5. The predicted octanol–water partition coefficient (Wildman–Crippen LogP) is 1.88. The standard InChI is InChI=1S/C10H10BrN3O/c1-2-7(6-12)13-10(15)8-4-3-5-9(11)14-8/h3-5,7H,2H2,1H3,(H,13,15). The van der Waals surface area contributed by atoms with Crippen LogP contribution in [0, 0.1) is 11.3 Å². The molecule has 1 rings (SSSR count). The van der Waals surface area contributed by atoms with Gasteiger partial charge in [-0.15, -0.1) is 0 Å². The van der Waals surface area contributed by atoms with Crippen molar-refractivity contribution in [2.75, 3.05) is 0 Å². The van der Waals surface area contributed by atoms with Gasteiger partial charge in [0, 0.05) is 0 Å². The average Bonchev–Trinajstić information content (AvgIpc) is 2.25. The van der Waals surface area contributed by atoms with Gasteiger partial charge >= 0.3 is 0 Å². The van der Waals surface area contributed by atoms with Gasteiger partial charge in [0.05, 0.1) is 6.07 Å². The molecule has 0 radical (unpaired) electrons. The summed E-state index contributed by atoms with van der Waals surface area (Å²) in [7, 11) is 0. The van der Waals surface area contributed by atoms with Crippen LogP contribution < -0.4 is 5.32 Å². The lowest BCUT2D eigenvalue weighted by molar-refractivity contribution is 0.0939. The molecule has 0 aliphatic rings. The van der Waals surface area contributed by atoms with Crippen molar-refractivity contribution in [2.45, 2.75) is 19.4 Å². The Balaban J connectivity index is 2.74. The third-order valence-electron chi connectivity index (χ3n) is 1.82. The van der Waals surface area contributed by atoms with Gasteiger partial charge in [-0.2, -0.15) is 5.26 Å². The molecule has 0 saturated carbocycles. The summed E-state index contributed by atoms with van der Waals surface area (Å²) in [6.07, 6.45) is 0.580. The molecule has 15 heavy (non-hydrogen) atoms. The van der Waals surface area contributed by atoms with E-state index < -0.39 is 6.04 Å². The zero-order chi connectivity index (χ0) is 11.3. The topological polar surface area (TPSA) is 65.8 Å². The van der Waals surface area contributed by atoms with E-state index in [9.17, 15) is 4.79 Å². The van der Waals surface area contributed by atoms with Crippen molar-refractivity contribution >= 4 is 21.8 Å². The molecule has 78 valence electrons. The largest absolute Gasteiger partial charge is 0.335 e. The molecule has 0 fully saturated rings. The smallest absolute Gasteiger partial charge is 0.270 e. The maximum absolute atomic E-state index is 11.6. The SMILES string of the molecule is CCC(C#N)NC(=O)c1cccc(Br)n1. The molecule has 0 spiro atoms. The molecule has 0 aromatic carbocycles. The van der Waals surface area contributed by atoms with E-state index in [1.807, 2.05) is 13.0 Å². The van der Waals surface area contributed by atoms with Crippen molar-refractivity contribution in [3.63, 3.8) is 0 Å². The molecule has 0 aliphatic carbocycles. The van der Waals surface area contributed by atoms with Crippen LogP contribution in [0.15, 0.2) is 22.8 Å². The van der Waals surface area contributed by atoms with Crippen molar-refractivity contribution in [2.24, 2.45) is 0 Å². The maximum atomic E-state index is 11.6. The van der Waals surface area contributed by atoms with Crippen molar-refractivity contribution in [3.05, 3.63) is 28.5 Å². The molecular weight excluding hydrogens is 258 g/mol. The minimum atomic E-state index is -0.460. The summed E-state index contributed by atoms with van der Waals surface area (Å²) in [6.45, 7) is 1.84. The zero-order valence-electron chi connectivity index (χ0n) is 8.20. The average molecular weight is 268 g/mol. The second-order valence-corrected chi connectivity index (χ2v) is 3.72. The number of nitrogens with zero attached hydrogens (tertiary/aromatic N) is 2. The Labute approximate surface area is 96.4 Å². The number of carbonyl (C=O) groups is 1. The van der Waals surface area contributed by atoms with Crippen LogP contribution in [0.2, 0.25) is 0 Å². The number of amides is 1. The first-order valence-corrected chi connectivity index (χ1v) is 5.29. The molecular formula is C10H10BrN3O. The molecule has 0 saturated heterocycles. The lowest BCUT2D eigenvalue weighted by atomic mass is 10.2. The van der Waals surface area contributed by atoms with Crippen LogP contribution in [-0.2, 0) is 0 Å². The van der Waals surface area contributed by atoms with Gasteiger partial charge in [-0.3, -0.25) is 4.79 Å². The van der Waals surface area contributed by atoms with Gasteiger partial charge in [-0.25, -0.2) is 4.98 Å². The predicted molar refractivity (Wildman–Crippen MR) is 59.1 cm³/mol. The summed E-state index contributed by atoms with van der Waals surface area (Å²) in [4.78, 5) is 15.6. The molecule has 1 heterocycles. The highest BCUT2D eigenvalue weighted by atomic mass is 79.9. The molecule has 4 nitrogen and oxygen atoms in total. The molecule has 0 bridgehead atoms. The number of carbonyl (C=O) groups excluding carboxylic acids is 1. The minimum absolute atomic E-state index is 0.304. The molecule has 1 N–H and O–H groups in total. The molecule has 1 aromatic heterocycles. The first kappa shape index (κ1) is 11.7. The van der Waals surface area contributed by atoms with Gasteiger partial charge in [0.25, 0.3) is 5.91 Å². The van der Waals surface area contributed by atoms with E-state index in [-0.39, 0.29) is 5.91 Å². The Kier molecular flexibility index (Phi) is 4.25. The number of aromatic nitrogens is 1. The van der Waals surface area contributed by atoms with Gasteiger partial charge in [-0.1, -0.05) is 13.0 Å². The zero-order valence-corrected chi connectivity index (χ0v) is 9.78. The number of pyridine rings is 1. The quantitative estimate of drug-likeness (QED) is 0.851. The maximum Gasteiger partial charge on any atom is 0.270 e. The lowest BCUT2D eigenvalue weighted by Gasteiger charge is -2.08. The summed E-state index contributed by atoms with van der Waals surface area (Å²) in [6, 6.07) is 6.59. The van der Waals surface area contributed by atoms with Crippen molar-refractivity contribution < 1.29 is 4.79 Å². The van der Waals surface area contributed by atoms with Gasteiger partial charge in [0.15, 0.2) is 0 Å².